The lowest BCUT2D eigenvalue weighted by Gasteiger charge is -2.25. The summed E-state index contributed by atoms with van der Waals surface area (Å²) in [5, 5.41) is 18.7. The van der Waals surface area contributed by atoms with Gasteiger partial charge < -0.3 is 15.1 Å². The van der Waals surface area contributed by atoms with Crippen molar-refractivity contribution in [2.24, 2.45) is 0 Å². The lowest BCUT2D eigenvalue weighted by Crippen LogP contribution is -2.25. The van der Waals surface area contributed by atoms with Gasteiger partial charge in [0, 0.05) is 36.0 Å². The van der Waals surface area contributed by atoms with E-state index in [9.17, 15) is 5.11 Å². The Morgan fingerprint density at radius 3 is 2.62 bits per heavy atom. The van der Waals surface area contributed by atoms with Crippen LogP contribution in [-0.4, -0.2) is 29.9 Å². The third kappa shape index (κ3) is 3.37. The molecule has 0 unspecified atom stereocenters. The molecule has 16 heavy (non-hydrogen) atoms. The molecule has 1 aromatic rings. The zero-order valence-corrected chi connectivity index (χ0v) is 10.2. The van der Waals surface area contributed by atoms with Crippen LogP contribution in [0.1, 0.15) is 18.9 Å². The summed E-state index contributed by atoms with van der Waals surface area (Å²) in [6.45, 7) is 3.83. The highest BCUT2D eigenvalue weighted by Crippen LogP contribution is 2.24. The fourth-order valence-electron chi connectivity index (χ4n) is 1.70. The Bertz CT molecular complexity index is 331. The zero-order valence-electron chi connectivity index (χ0n) is 9.49. The van der Waals surface area contributed by atoms with E-state index >= 15 is 0 Å². The minimum Gasteiger partial charge on any atom is -0.396 e. The lowest BCUT2D eigenvalue weighted by atomic mass is 10.1. The lowest BCUT2D eigenvalue weighted by molar-refractivity contribution is 0.281. The van der Waals surface area contributed by atoms with Gasteiger partial charge in [-0.3, -0.25) is 0 Å². The molecule has 0 atom stereocenters. The normalized spacial score (nSPS) is 10.5. The quantitative estimate of drug-likeness (QED) is 0.804. The average molecular weight is 244 g/mol. The minimum atomic E-state index is -0.0223. The number of anilines is 1. The van der Waals surface area contributed by atoms with Gasteiger partial charge >= 0.3 is 0 Å². The van der Waals surface area contributed by atoms with Crippen LogP contribution in [-0.2, 0) is 6.61 Å². The standard InChI is InChI=1S/C12H18ClNO2/c1-2-14(6-3-7-15)12-5-4-11(13)8-10(12)9-16/h4-5,8,15-16H,2-3,6-7,9H2,1H3. The van der Waals surface area contributed by atoms with E-state index in [4.69, 9.17) is 16.7 Å². The Morgan fingerprint density at radius 2 is 2.06 bits per heavy atom. The van der Waals surface area contributed by atoms with Crippen molar-refractivity contribution >= 4 is 17.3 Å². The number of aliphatic hydroxyl groups is 2. The zero-order chi connectivity index (χ0) is 12.0. The molecule has 90 valence electrons. The second kappa shape index (κ2) is 6.74. The number of aliphatic hydroxyl groups excluding tert-OH is 2. The molecule has 2 N–H and O–H groups in total. The summed E-state index contributed by atoms with van der Waals surface area (Å²) in [7, 11) is 0. The largest absolute Gasteiger partial charge is 0.396 e. The van der Waals surface area contributed by atoms with E-state index < -0.39 is 0 Å². The van der Waals surface area contributed by atoms with Gasteiger partial charge in [0.15, 0.2) is 0 Å². The van der Waals surface area contributed by atoms with Crippen LogP contribution in [0.25, 0.3) is 0 Å². The number of hydrogen-bond acceptors (Lipinski definition) is 3. The molecular weight excluding hydrogens is 226 g/mol. The molecule has 0 bridgehead atoms. The monoisotopic (exact) mass is 243 g/mol. The van der Waals surface area contributed by atoms with E-state index in [1.54, 1.807) is 6.07 Å². The van der Waals surface area contributed by atoms with Gasteiger partial charge in [0.2, 0.25) is 0 Å². The molecule has 0 spiro atoms. The number of benzene rings is 1. The number of rotatable bonds is 6. The summed E-state index contributed by atoms with van der Waals surface area (Å²) >= 11 is 5.88. The molecule has 1 aromatic carbocycles. The van der Waals surface area contributed by atoms with Crippen molar-refractivity contribution in [3.05, 3.63) is 28.8 Å². The van der Waals surface area contributed by atoms with Gasteiger partial charge in [-0.15, -0.1) is 0 Å². The molecule has 0 saturated heterocycles. The van der Waals surface area contributed by atoms with Crippen LogP contribution in [0.2, 0.25) is 5.02 Å². The molecule has 0 aliphatic carbocycles. The maximum absolute atomic E-state index is 9.28. The minimum absolute atomic E-state index is 0.0223. The van der Waals surface area contributed by atoms with Crippen LogP contribution >= 0.6 is 11.6 Å². The highest BCUT2D eigenvalue weighted by atomic mass is 35.5. The highest BCUT2D eigenvalue weighted by molar-refractivity contribution is 6.30. The van der Waals surface area contributed by atoms with Gasteiger partial charge in [0.05, 0.1) is 6.61 Å². The SMILES string of the molecule is CCN(CCCO)c1ccc(Cl)cc1CO. The van der Waals surface area contributed by atoms with Crippen LogP contribution in [0.3, 0.4) is 0 Å². The molecule has 4 heteroatoms. The predicted octanol–water partition coefficient (Wildman–Crippen LogP) is 2.04. The van der Waals surface area contributed by atoms with Crippen LogP contribution in [0.15, 0.2) is 18.2 Å². The summed E-state index contributed by atoms with van der Waals surface area (Å²) < 4.78 is 0. The molecule has 0 amide bonds. The molecule has 0 heterocycles. The molecular formula is C12H18ClNO2. The molecule has 0 aromatic heterocycles. The van der Waals surface area contributed by atoms with Gasteiger partial charge in [0.25, 0.3) is 0 Å². The first-order valence-corrected chi connectivity index (χ1v) is 5.85. The van der Waals surface area contributed by atoms with E-state index in [0.717, 1.165) is 30.8 Å². The molecule has 0 aliphatic rings. The van der Waals surface area contributed by atoms with Crippen molar-refractivity contribution in [1.29, 1.82) is 0 Å². The number of nitrogens with zero attached hydrogens (tertiary/aromatic N) is 1. The summed E-state index contributed by atoms with van der Waals surface area (Å²) in [6.07, 6.45) is 0.724. The Morgan fingerprint density at radius 1 is 1.31 bits per heavy atom. The molecule has 0 fully saturated rings. The average Bonchev–Trinajstić information content (AvgIpc) is 2.31. The molecule has 1 rings (SSSR count). The van der Waals surface area contributed by atoms with Crippen molar-refractivity contribution in [3.63, 3.8) is 0 Å². The van der Waals surface area contributed by atoms with Crippen molar-refractivity contribution < 1.29 is 10.2 Å². The van der Waals surface area contributed by atoms with Gasteiger partial charge in [-0.2, -0.15) is 0 Å². The Balaban J connectivity index is 2.90. The predicted molar refractivity (Wildman–Crippen MR) is 67.0 cm³/mol. The van der Waals surface area contributed by atoms with Crippen molar-refractivity contribution in [3.8, 4) is 0 Å². The Kier molecular flexibility index (Phi) is 5.60. The topological polar surface area (TPSA) is 43.7 Å². The first kappa shape index (κ1) is 13.3. The smallest absolute Gasteiger partial charge is 0.0702 e. The second-order valence-corrected chi connectivity index (χ2v) is 4.02. The second-order valence-electron chi connectivity index (χ2n) is 3.59. The van der Waals surface area contributed by atoms with Gasteiger partial charge in [-0.25, -0.2) is 0 Å². The summed E-state index contributed by atoms with van der Waals surface area (Å²) in [4.78, 5) is 2.12. The van der Waals surface area contributed by atoms with E-state index in [0.29, 0.717) is 5.02 Å². The molecule has 0 radical (unpaired) electrons. The molecule has 3 nitrogen and oxygen atoms in total. The third-order valence-electron chi connectivity index (χ3n) is 2.52. The van der Waals surface area contributed by atoms with E-state index in [1.807, 2.05) is 19.1 Å². The first-order valence-electron chi connectivity index (χ1n) is 5.48. The number of hydrogen-bond donors (Lipinski definition) is 2. The maximum Gasteiger partial charge on any atom is 0.0702 e. The van der Waals surface area contributed by atoms with Gasteiger partial charge in [0.1, 0.15) is 0 Å². The van der Waals surface area contributed by atoms with Crippen LogP contribution in [0, 0.1) is 0 Å². The Hall–Kier alpha value is -0.770. The van der Waals surface area contributed by atoms with Crippen LogP contribution in [0.5, 0.6) is 0 Å². The highest BCUT2D eigenvalue weighted by Gasteiger charge is 2.09. The van der Waals surface area contributed by atoms with E-state index in [-0.39, 0.29) is 13.2 Å². The fraction of sp³-hybridized carbons (Fsp3) is 0.500. The van der Waals surface area contributed by atoms with Crippen molar-refractivity contribution in [2.75, 3.05) is 24.6 Å². The van der Waals surface area contributed by atoms with E-state index in [1.165, 1.54) is 0 Å². The summed E-state index contributed by atoms with van der Waals surface area (Å²) in [5.74, 6) is 0. The molecule has 0 saturated carbocycles. The third-order valence-corrected chi connectivity index (χ3v) is 2.76. The van der Waals surface area contributed by atoms with Gasteiger partial charge in [-0.05, 0) is 31.5 Å². The van der Waals surface area contributed by atoms with E-state index in [2.05, 4.69) is 4.90 Å². The Labute approximate surface area is 101 Å². The summed E-state index contributed by atoms with van der Waals surface area (Å²) in [6, 6.07) is 5.50. The molecule has 0 aliphatic heterocycles. The van der Waals surface area contributed by atoms with Crippen LogP contribution in [0.4, 0.5) is 5.69 Å². The van der Waals surface area contributed by atoms with Crippen molar-refractivity contribution in [1.82, 2.24) is 0 Å². The number of halogens is 1. The fourth-order valence-corrected chi connectivity index (χ4v) is 1.89. The van der Waals surface area contributed by atoms with Crippen LogP contribution < -0.4 is 4.90 Å². The van der Waals surface area contributed by atoms with Crippen molar-refractivity contribution in [2.45, 2.75) is 20.0 Å². The summed E-state index contributed by atoms with van der Waals surface area (Å²) in [5.41, 5.74) is 1.81. The maximum atomic E-state index is 9.28. The van der Waals surface area contributed by atoms with Gasteiger partial charge in [-0.1, -0.05) is 11.6 Å². The first-order chi connectivity index (χ1) is 7.72.